The maximum atomic E-state index is 5.78. The molecule has 26 heavy (non-hydrogen) atoms. The largest absolute Gasteiger partial charge is 0.497 e. The fourth-order valence-corrected chi connectivity index (χ4v) is 3.23. The first kappa shape index (κ1) is 18.4. The summed E-state index contributed by atoms with van der Waals surface area (Å²) in [4.78, 5) is 1.43. The van der Waals surface area contributed by atoms with E-state index in [0.717, 1.165) is 42.6 Å². The minimum absolute atomic E-state index is 0.710. The first-order chi connectivity index (χ1) is 12.7. The first-order valence-corrected chi connectivity index (χ1v) is 9.32. The molecule has 0 saturated carbocycles. The number of aromatic nitrogens is 3. The van der Waals surface area contributed by atoms with E-state index < -0.39 is 0 Å². The van der Waals surface area contributed by atoms with Crippen LogP contribution < -0.4 is 9.64 Å². The van der Waals surface area contributed by atoms with Crippen LogP contribution in [0.15, 0.2) is 54.6 Å². The van der Waals surface area contributed by atoms with E-state index in [9.17, 15) is 0 Å². The van der Waals surface area contributed by atoms with Gasteiger partial charge in [-0.3, -0.25) is 4.57 Å². The molecule has 0 radical (unpaired) electrons. The van der Waals surface area contributed by atoms with Crippen LogP contribution in [0.2, 0.25) is 0 Å². The van der Waals surface area contributed by atoms with Crippen molar-refractivity contribution in [3.63, 3.8) is 0 Å². The predicted octanol–water partition coefficient (Wildman–Crippen LogP) is 2.96. The van der Waals surface area contributed by atoms with E-state index in [1.807, 2.05) is 51.7 Å². The summed E-state index contributed by atoms with van der Waals surface area (Å²) in [6, 6.07) is 18.1. The zero-order valence-electron chi connectivity index (χ0n) is 15.5. The summed E-state index contributed by atoms with van der Waals surface area (Å²) < 4.78 is 9.96. The molecule has 0 aliphatic carbocycles. The number of hydrogen-bond acceptors (Lipinski definition) is 3. The number of nitrogens with zero attached hydrogens (tertiary/aromatic N) is 3. The second-order valence-electron chi connectivity index (χ2n) is 6.12. The molecule has 0 amide bonds. The van der Waals surface area contributed by atoms with Crippen molar-refractivity contribution in [2.45, 2.75) is 20.5 Å². The maximum Gasteiger partial charge on any atom is 0.207 e. The van der Waals surface area contributed by atoms with Gasteiger partial charge in [0.05, 0.1) is 20.2 Å². The summed E-state index contributed by atoms with van der Waals surface area (Å²) in [6.45, 7) is 7.19. The normalized spacial score (nSPS) is 11.1. The third kappa shape index (κ3) is 3.71. The summed E-state index contributed by atoms with van der Waals surface area (Å²) in [5.41, 5.74) is 2.03. The van der Waals surface area contributed by atoms with Crippen LogP contribution in [0.5, 0.6) is 5.75 Å². The third-order valence-electron chi connectivity index (χ3n) is 4.58. The standard InChI is InChI=1S/C20H24N4OS/c1-4-22(5-2)15-23-20(26)24(17-9-7-6-8-10-17)19(21-23)16-11-13-18(25-3)14-12-16/h6-14H,4-5,15H2,1-3H3/p+1. The molecule has 136 valence electrons. The molecule has 3 rings (SSSR count). The summed E-state index contributed by atoms with van der Waals surface area (Å²) >= 11 is 5.78. The summed E-state index contributed by atoms with van der Waals surface area (Å²) in [7, 11) is 1.67. The Hall–Kier alpha value is -2.44. The Labute approximate surface area is 159 Å². The molecule has 0 spiro atoms. The van der Waals surface area contributed by atoms with Crippen LogP contribution in [-0.2, 0) is 6.67 Å². The minimum atomic E-state index is 0.710. The summed E-state index contributed by atoms with van der Waals surface area (Å²) in [5.74, 6) is 1.67. The molecule has 0 fully saturated rings. The van der Waals surface area contributed by atoms with Gasteiger partial charge >= 0.3 is 0 Å². The van der Waals surface area contributed by atoms with Gasteiger partial charge in [-0.25, -0.2) is 0 Å². The van der Waals surface area contributed by atoms with E-state index in [1.165, 1.54) is 4.90 Å². The first-order valence-electron chi connectivity index (χ1n) is 8.91. The Morgan fingerprint density at radius 1 is 1.00 bits per heavy atom. The number of nitrogens with one attached hydrogen (secondary N) is 1. The van der Waals surface area contributed by atoms with Gasteiger partial charge in [-0.15, -0.1) is 5.10 Å². The quantitative estimate of drug-likeness (QED) is 0.651. The zero-order valence-corrected chi connectivity index (χ0v) is 16.3. The van der Waals surface area contributed by atoms with E-state index in [4.69, 9.17) is 22.1 Å². The molecule has 6 heteroatoms. The van der Waals surface area contributed by atoms with Crippen LogP contribution in [0.25, 0.3) is 17.1 Å². The van der Waals surface area contributed by atoms with Crippen LogP contribution in [-0.4, -0.2) is 34.5 Å². The van der Waals surface area contributed by atoms with Gasteiger partial charge in [0.1, 0.15) is 5.75 Å². The highest BCUT2D eigenvalue weighted by molar-refractivity contribution is 7.71. The molecule has 0 saturated heterocycles. The fourth-order valence-electron chi connectivity index (χ4n) is 2.93. The number of rotatable bonds is 7. The molecule has 0 aliphatic rings. The molecule has 5 nitrogen and oxygen atoms in total. The second kappa shape index (κ2) is 8.29. The van der Waals surface area contributed by atoms with Gasteiger partial charge in [-0.2, -0.15) is 4.68 Å². The number of benzene rings is 2. The van der Waals surface area contributed by atoms with Gasteiger partial charge in [0.2, 0.25) is 4.77 Å². The molecular weight excluding hydrogens is 344 g/mol. The van der Waals surface area contributed by atoms with Gasteiger partial charge in [0.15, 0.2) is 12.5 Å². The van der Waals surface area contributed by atoms with Crippen molar-refractivity contribution in [3.8, 4) is 22.8 Å². The van der Waals surface area contributed by atoms with Crippen molar-refractivity contribution in [1.82, 2.24) is 14.3 Å². The van der Waals surface area contributed by atoms with E-state index in [0.29, 0.717) is 4.77 Å². The van der Waals surface area contributed by atoms with Crippen molar-refractivity contribution in [2.24, 2.45) is 0 Å². The minimum Gasteiger partial charge on any atom is -0.497 e. The van der Waals surface area contributed by atoms with Crippen LogP contribution >= 0.6 is 12.2 Å². The molecule has 0 unspecified atom stereocenters. The van der Waals surface area contributed by atoms with Crippen LogP contribution in [0, 0.1) is 4.77 Å². The third-order valence-corrected chi connectivity index (χ3v) is 4.97. The lowest BCUT2D eigenvalue weighted by molar-refractivity contribution is -0.920. The van der Waals surface area contributed by atoms with Crippen LogP contribution in [0.1, 0.15) is 13.8 Å². The monoisotopic (exact) mass is 369 g/mol. The summed E-state index contributed by atoms with van der Waals surface area (Å²) in [6.07, 6.45) is 0. The molecule has 1 heterocycles. The second-order valence-corrected chi connectivity index (χ2v) is 6.49. The fraction of sp³-hybridized carbons (Fsp3) is 0.300. The Kier molecular flexibility index (Phi) is 5.85. The Bertz CT molecular complexity index is 896. The highest BCUT2D eigenvalue weighted by atomic mass is 32.1. The number of quaternary nitrogens is 1. The van der Waals surface area contributed by atoms with Gasteiger partial charge in [-0.05, 0) is 62.5 Å². The van der Waals surface area contributed by atoms with Gasteiger partial charge in [-0.1, -0.05) is 18.2 Å². The molecule has 2 aromatic carbocycles. The van der Waals surface area contributed by atoms with Crippen LogP contribution in [0.4, 0.5) is 0 Å². The lowest BCUT2D eigenvalue weighted by Gasteiger charge is -2.14. The average molecular weight is 370 g/mol. The average Bonchev–Trinajstić information content (AvgIpc) is 3.02. The van der Waals surface area contributed by atoms with Crippen molar-refractivity contribution in [1.29, 1.82) is 0 Å². The van der Waals surface area contributed by atoms with E-state index >= 15 is 0 Å². The molecular formula is C20H25N4OS+. The van der Waals surface area contributed by atoms with Gasteiger partial charge in [0, 0.05) is 11.3 Å². The van der Waals surface area contributed by atoms with Crippen molar-refractivity contribution < 1.29 is 9.64 Å². The SMILES string of the molecule is CC[NH+](CC)Cn1nc(-c2ccc(OC)cc2)n(-c2ccccc2)c1=S. The number of ether oxygens (including phenoxy) is 1. The number of methoxy groups -OCH3 is 1. The zero-order chi connectivity index (χ0) is 18.5. The number of hydrogen-bond donors (Lipinski definition) is 1. The molecule has 1 aromatic heterocycles. The highest BCUT2D eigenvalue weighted by Crippen LogP contribution is 2.24. The molecule has 0 bridgehead atoms. The number of para-hydroxylation sites is 1. The lowest BCUT2D eigenvalue weighted by Crippen LogP contribution is -3.10. The maximum absolute atomic E-state index is 5.78. The topological polar surface area (TPSA) is 36.4 Å². The van der Waals surface area contributed by atoms with E-state index in [2.05, 4.69) is 26.0 Å². The highest BCUT2D eigenvalue weighted by Gasteiger charge is 2.16. The molecule has 0 aliphatic heterocycles. The molecule has 3 aromatic rings. The van der Waals surface area contributed by atoms with Crippen molar-refractivity contribution >= 4 is 12.2 Å². The Morgan fingerprint density at radius 2 is 1.65 bits per heavy atom. The van der Waals surface area contributed by atoms with E-state index in [1.54, 1.807) is 7.11 Å². The molecule has 0 atom stereocenters. The summed E-state index contributed by atoms with van der Waals surface area (Å²) in [5, 5.41) is 4.86. The van der Waals surface area contributed by atoms with Crippen molar-refractivity contribution in [3.05, 3.63) is 59.4 Å². The predicted molar refractivity (Wildman–Crippen MR) is 106 cm³/mol. The molecule has 1 N–H and O–H groups in total. The van der Waals surface area contributed by atoms with Gasteiger partial charge < -0.3 is 9.64 Å². The Balaban J connectivity index is 2.13. The Morgan fingerprint density at radius 3 is 2.23 bits per heavy atom. The van der Waals surface area contributed by atoms with Gasteiger partial charge in [0.25, 0.3) is 0 Å². The smallest absolute Gasteiger partial charge is 0.207 e. The van der Waals surface area contributed by atoms with Crippen molar-refractivity contribution in [2.75, 3.05) is 20.2 Å². The van der Waals surface area contributed by atoms with E-state index in [-0.39, 0.29) is 0 Å². The lowest BCUT2D eigenvalue weighted by atomic mass is 10.2. The van der Waals surface area contributed by atoms with Crippen LogP contribution in [0.3, 0.4) is 0 Å².